The fraction of sp³-hybridized carbons (Fsp3) is 0.846. The molecule has 1 heterocycles. The Balaban J connectivity index is 2.46. The Kier molecular flexibility index (Phi) is 7.23. The molecule has 2 amide bonds. The van der Waals surface area contributed by atoms with E-state index in [1.54, 1.807) is 16.7 Å². The quantitative estimate of drug-likeness (QED) is 0.726. The Morgan fingerprint density at radius 1 is 1.53 bits per heavy atom. The zero-order chi connectivity index (χ0) is 14.3. The van der Waals surface area contributed by atoms with Gasteiger partial charge in [0.05, 0.1) is 5.88 Å². The van der Waals surface area contributed by atoms with Crippen LogP contribution in [-0.2, 0) is 9.59 Å². The average Bonchev–Trinajstić information content (AvgIpc) is 2.91. The fourth-order valence-electron chi connectivity index (χ4n) is 1.85. The van der Waals surface area contributed by atoms with Gasteiger partial charge in [0, 0.05) is 18.7 Å². The summed E-state index contributed by atoms with van der Waals surface area (Å²) in [5.41, 5.74) is 5.52. The van der Waals surface area contributed by atoms with Gasteiger partial charge in [-0.05, 0) is 18.9 Å². The highest BCUT2D eigenvalue weighted by Gasteiger charge is 2.33. The van der Waals surface area contributed by atoms with Crippen LogP contribution < -0.4 is 11.1 Å². The molecule has 1 saturated heterocycles. The Hall–Kier alpha value is -0.750. The molecule has 0 spiro atoms. The van der Waals surface area contributed by atoms with Crippen molar-refractivity contribution in [2.24, 2.45) is 11.7 Å². The molecule has 0 bridgehead atoms. The minimum absolute atomic E-state index is 0.0462. The SMILES string of the molecule is CCCCC(=O)N1CSCC1C(=O)NCC(C)CN. The van der Waals surface area contributed by atoms with E-state index in [1.807, 2.05) is 6.92 Å². The van der Waals surface area contributed by atoms with Crippen molar-refractivity contribution in [2.45, 2.75) is 39.2 Å². The van der Waals surface area contributed by atoms with Crippen LogP contribution in [0.5, 0.6) is 0 Å². The number of nitrogens with zero attached hydrogens (tertiary/aromatic N) is 1. The van der Waals surface area contributed by atoms with Gasteiger partial charge >= 0.3 is 0 Å². The Morgan fingerprint density at radius 2 is 2.26 bits per heavy atom. The van der Waals surface area contributed by atoms with Crippen LogP contribution in [0.25, 0.3) is 0 Å². The van der Waals surface area contributed by atoms with Crippen LogP contribution in [-0.4, -0.2) is 47.5 Å². The molecule has 2 atom stereocenters. The van der Waals surface area contributed by atoms with Crippen molar-refractivity contribution in [3.8, 4) is 0 Å². The molecule has 5 nitrogen and oxygen atoms in total. The van der Waals surface area contributed by atoms with Crippen LogP contribution >= 0.6 is 11.8 Å². The molecule has 0 radical (unpaired) electrons. The second kappa shape index (κ2) is 8.43. The number of thioether (sulfide) groups is 1. The summed E-state index contributed by atoms with van der Waals surface area (Å²) in [6, 6.07) is -0.306. The monoisotopic (exact) mass is 287 g/mol. The van der Waals surface area contributed by atoms with Gasteiger partial charge in [-0.2, -0.15) is 0 Å². The molecule has 19 heavy (non-hydrogen) atoms. The highest BCUT2D eigenvalue weighted by atomic mass is 32.2. The lowest BCUT2D eigenvalue weighted by atomic mass is 10.1. The van der Waals surface area contributed by atoms with E-state index in [0.29, 0.717) is 31.1 Å². The van der Waals surface area contributed by atoms with E-state index in [-0.39, 0.29) is 23.8 Å². The second-order valence-electron chi connectivity index (χ2n) is 5.07. The Labute approximate surface area is 119 Å². The molecule has 1 aliphatic heterocycles. The van der Waals surface area contributed by atoms with Gasteiger partial charge in [0.2, 0.25) is 11.8 Å². The van der Waals surface area contributed by atoms with Gasteiger partial charge in [0.1, 0.15) is 6.04 Å². The van der Waals surface area contributed by atoms with Crippen LogP contribution in [0.1, 0.15) is 33.1 Å². The number of amides is 2. The molecule has 110 valence electrons. The van der Waals surface area contributed by atoms with Crippen LogP contribution in [0.4, 0.5) is 0 Å². The van der Waals surface area contributed by atoms with Crippen LogP contribution in [0.3, 0.4) is 0 Å². The molecule has 6 heteroatoms. The van der Waals surface area contributed by atoms with E-state index >= 15 is 0 Å². The van der Waals surface area contributed by atoms with Crippen molar-refractivity contribution in [1.29, 1.82) is 0 Å². The fourth-order valence-corrected chi connectivity index (χ4v) is 3.03. The number of unbranched alkanes of at least 4 members (excludes halogenated alkanes) is 1. The summed E-state index contributed by atoms with van der Waals surface area (Å²) in [4.78, 5) is 25.8. The number of carbonyl (C=O) groups excluding carboxylic acids is 2. The molecule has 0 aromatic heterocycles. The first-order chi connectivity index (χ1) is 9.10. The lowest BCUT2D eigenvalue weighted by molar-refractivity contribution is -0.138. The van der Waals surface area contributed by atoms with Gasteiger partial charge in [-0.1, -0.05) is 20.3 Å². The van der Waals surface area contributed by atoms with Crippen molar-refractivity contribution in [2.75, 3.05) is 24.7 Å². The van der Waals surface area contributed by atoms with Crippen molar-refractivity contribution < 1.29 is 9.59 Å². The molecular weight excluding hydrogens is 262 g/mol. The molecular formula is C13H25N3O2S. The number of hydrogen-bond donors (Lipinski definition) is 2. The number of nitrogens with one attached hydrogen (secondary N) is 1. The lowest BCUT2D eigenvalue weighted by Crippen LogP contribution is -2.48. The van der Waals surface area contributed by atoms with Gasteiger partial charge in [0.25, 0.3) is 0 Å². The first-order valence-corrected chi connectivity index (χ1v) is 8.10. The number of carbonyl (C=O) groups is 2. The van der Waals surface area contributed by atoms with Crippen molar-refractivity contribution in [1.82, 2.24) is 10.2 Å². The largest absolute Gasteiger partial charge is 0.354 e. The minimum atomic E-state index is -0.306. The summed E-state index contributed by atoms with van der Waals surface area (Å²) in [7, 11) is 0. The topological polar surface area (TPSA) is 75.4 Å². The Morgan fingerprint density at radius 3 is 2.89 bits per heavy atom. The van der Waals surface area contributed by atoms with Gasteiger partial charge < -0.3 is 16.0 Å². The van der Waals surface area contributed by atoms with E-state index in [9.17, 15) is 9.59 Å². The predicted molar refractivity (Wildman–Crippen MR) is 78.7 cm³/mol. The smallest absolute Gasteiger partial charge is 0.243 e. The molecule has 0 saturated carbocycles. The third-order valence-corrected chi connectivity index (χ3v) is 4.29. The maximum Gasteiger partial charge on any atom is 0.243 e. The molecule has 1 rings (SSSR count). The van der Waals surface area contributed by atoms with Crippen LogP contribution in [0.2, 0.25) is 0 Å². The molecule has 0 aromatic rings. The Bertz CT molecular complexity index is 312. The zero-order valence-electron chi connectivity index (χ0n) is 11.9. The summed E-state index contributed by atoms with van der Waals surface area (Å²) in [6.07, 6.45) is 2.43. The number of nitrogens with two attached hydrogens (primary N) is 1. The summed E-state index contributed by atoms with van der Waals surface area (Å²) in [6.45, 7) is 5.19. The standard InChI is InChI=1S/C13H25N3O2S/c1-3-4-5-12(17)16-9-19-8-11(16)13(18)15-7-10(2)6-14/h10-11H,3-9,14H2,1-2H3,(H,15,18). The van der Waals surface area contributed by atoms with Crippen molar-refractivity contribution in [3.05, 3.63) is 0 Å². The summed E-state index contributed by atoms with van der Waals surface area (Å²) in [5, 5.41) is 2.89. The normalized spacial score (nSPS) is 20.4. The minimum Gasteiger partial charge on any atom is -0.354 e. The summed E-state index contributed by atoms with van der Waals surface area (Å²) in [5.74, 6) is 1.64. The number of hydrogen-bond acceptors (Lipinski definition) is 4. The highest BCUT2D eigenvalue weighted by Crippen LogP contribution is 2.22. The third-order valence-electron chi connectivity index (χ3n) is 3.28. The second-order valence-corrected chi connectivity index (χ2v) is 6.07. The first-order valence-electron chi connectivity index (χ1n) is 6.95. The molecule has 1 aliphatic rings. The summed E-state index contributed by atoms with van der Waals surface area (Å²) < 4.78 is 0. The highest BCUT2D eigenvalue weighted by molar-refractivity contribution is 7.99. The van der Waals surface area contributed by atoms with Crippen LogP contribution in [0.15, 0.2) is 0 Å². The zero-order valence-corrected chi connectivity index (χ0v) is 12.7. The molecule has 2 unspecified atom stereocenters. The first kappa shape index (κ1) is 16.3. The van der Waals surface area contributed by atoms with Crippen molar-refractivity contribution >= 4 is 23.6 Å². The van der Waals surface area contributed by atoms with E-state index in [0.717, 1.165) is 12.8 Å². The average molecular weight is 287 g/mol. The lowest BCUT2D eigenvalue weighted by Gasteiger charge is -2.23. The van der Waals surface area contributed by atoms with Crippen LogP contribution in [0, 0.1) is 5.92 Å². The molecule has 0 aromatic carbocycles. The van der Waals surface area contributed by atoms with Crippen molar-refractivity contribution in [3.63, 3.8) is 0 Å². The van der Waals surface area contributed by atoms with Gasteiger partial charge in [-0.15, -0.1) is 11.8 Å². The molecule has 1 fully saturated rings. The van der Waals surface area contributed by atoms with E-state index in [1.165, 1.54) is 0 Å². The third kappa shape index (κ3) is 5.03. The summed E-state index contributed by atoms with van der Waals surface area (Å²) >= 11 is 1.64. The van der Waals surface area contributed by atoms with E-state index in [4.69, 9.17) is 5.73 Å². The molecule has 3 N–H and O–H groups in total. The number of rotatable bonds is 7. The van der Waals surface area contributed by atoms with E-state index in [2.05, 4.69) is 12.2 Å². The van der Waals surface area contributed by atoms with Gasteiger partial charge in [-0.3, -0.25) is 9.59 Å². The maximum atomic E-state index is 12.1. The van der Waals surface area contributed by atoms with E-state index < -0.39 is 0 Å². The predicted octanol–water partition coefficient (Wildman–Crippen LogP) is 0.789. The van der Waals surface area contributed by atoms with Gasteiger partial charge in [0.15, 0.2) is 0 Å². The maximum absolute atomic E-state index is 12.1. The van der Waals surface area contributed by atoms with Gasteiger partial charge in [-0.25, -0.2) is 0 Å². The molecule has 0 aliphatic carbocycles.